The predicted octanol–water partition coefficient (Wildman–Crippen LogP) is 1.81. The number of benzene rings is 1. The molecule has 2 N–H and O–H groups in total. The Morgan fingerprint density at radius 1 is 1.29 bits per heavy atom. The molecule has 118 valence electrons. The van der Waals surface area contributed by atoms with Crippen molar-refractivity contribution in [2.75, 3.05) is 40.4 Å². The van der Waals surface area contributed by atoms with Crippen LogP contribution in [0.2, 0.25) is 0 Å². The lowest BCUT2D eigenvalue weighted by atomic mass is 9.93. The van der Waals surface area contributed by atoms with Gasteiger partial charge in [-0.25, -0.2) is 0 Å². The standard InChI is InChI=1S/C17H28N2O2/c1-18-16(15-6-4-3-5-7-15)8-11-19(2)14-17(20)9-12-21-13-10-17/h3-7,16,18,20H,8-14H2,1-2H3. The Bertz CT molecular complexity index is 405. The molecule has 1 atom stereocenters. The number of rotatable bonds is 7. The highest BCUT2D eigenvalue weighted by Gasteiger charge is 2.30. The van der Waals surface area contributed by atoms with Crippen molar-refractivity contribution < 1.29 is 9.84 Å². The third kappa shape index (κ3) is 5.08. The zero-order chi connectivity index (χ0) is 15.1. The molecule has 1 aromatic rings. The van der Waals surface area contributed by atoms with Crippen LogP contribution in [-0.2, 0) is 4.74 Å². The molecule has 1 fully saturated rings. The maximum atomic E-state index is 10.5. The smallest absolute Gasteiger partial charge is 0.0817 e. The number of nitrogens with one attached hydrogen (secondary N) is 1. The van der Waals surface area contributed by atoms with Crippen LogP contribution in [-0.4, -0.2) is 56.0 Å². The van der Waals surface area contributed by atoms with Crippen molar-refractivity contribution in [3.8, 4) is 0 Å². The topological polar surface area (TPSA) is 44.7 Å². The number of ether oxygens (including phenoxy) is 1. The van der Waals surface area contributed by atoms with Crippen molar-refractivity contribution in [3.63, 3.8) is 0 Å². The monoisotopic (exact) mass is 292 g/mol. The molecule has 1 unspecified atom stereocenters. The maximum absolute atomic E-state index is 10.5. The van der Waals surface area contributed by atoms with E-state index in [1.807, 2.05) is 13.1 Å². The van der Waals surface area contributed by atoms with E-state index in [-0.39, 0.29) is 0 Å². The SMILES string of the molecule is CNC(CCN(C)CC1(O)CCOCC1)c1ccccc1. The lowest BCUT2D eigenvalue weighted by Crippen LogP contribution is -2.46. The molecule has 1 aromatic carbocycles. The van der Waals surface area contributed by atoms with E-state index in [0.29, 0.717) is 19.3 Å². The van der Waals surface area contributed by atoms with E-state index in [2.05, 4.69) is 41.5 Å². The molecule has 1 aliphatic heterocycles. The fraction of sp³-hybridized carbons (Fsp3) is 0.647. The molecule has 1 heterocycles. The first-order chi connectivity index (χ1) is 10.1. The van der Waals surface area contributed by atoms with Gasteiger partial charge in [-0.05, 0) is 32.6 Å². The van der Waals surface area contributed by atoms with E-state index < -0.39 is 5.60 Å². The van der Waals surface area contributed by atoms with Crippen molar-refractivity contribution in [3.05, 3.63) is 35.9 Å². The van der Waals surface area contributed by atoms with Crippen LogP contribution in [0.3, 0.4) is 0 Å². The molecule has 0 saturated carbocycles. The fourth-order valence-corrected chi connectivity index (χ4v) is 3.00. The van der Waals surface area contributed by atoms with Gasteiger partial charge in [-0.15, -0.1) is 0 Å². The third-order valence-corrected chi connectivity index (χ3v) is 4.34. The Morgan fingerprint density at radius 2 is 1.95 bits per heavy atom. The molecule has 4 heteroatoms. The van der Waals surface area contributed by atoms with Crippen molar-refractivity contribution in [1.82, 2.24) is 10.2 Å². The average Bonchev–Trinajstić information content (AvgIpc) is 2.49. The van der Waals surface area contributed by atoms with Gasteiger partial charge in [0.15, 0.2) is 0 Å². The van der Waals surface area contributed by atoms with Crippen molar-refractivity contribution in [2.45, 2.75) is 30.9 Å². The lowest BCUT2D eigenvalue weighted by molar-refractivity contribution is -0.0770. The summed E-state index contributed by atoms with van der Waals surface area (Å²) in [6.07, 6.45) is 2.51. The Labute approximate surface area is 128 Å². The van der Waals surface area contributed by atoms with Crippen LogP contribution < -0.4 is 5.32 Å². The molecule has 1 aliphatic rings. The highest BCUT2D eigenvalue weighted by molar-refractivity contribution is 5.18. The first kappa shape index (κ1) is 16.4. The number of likely N-dealkylation sites (N-methyl/N-ethyl adjacent to an activating group) is 1. The number of aliphatic hydroxyl groups is 1. The quantitative estimate of drug-likeness (QED) is 0.804. The molecule has 0 bridgehead atoms. The first-order valence-corrected chi connectivity index (χ1v) is 7.84. The van der Waals surface area contributed by atoms with Gasteiger partial charge in [0.1, 0.15) is 0 Å². The van der Waals surface area contributed by atoms with Crippen LogP contribution in [0.4, 0.5) is 0 Å². The van der Waals surface area contributed by atoms with E-state index >= 15 is 0 Å². The van der Waals surface area contributed by atoms with Gasteiger partial charge in [0.25, 0.3) is 0 Å². The molecule has 4 nitrogen and oxygen atoms in total. The minimum atomic E-state index is -0.575. The Morgan fingerprint density at radius 3 is 2.57 bits per heavy atom. The highest BCUT2D eigenvalue weighted by Crippen LogP contribution is 2.22. The van der Waals surface area contributed by atoms with Crippen molar-refractivity contribution in [1.29, 1.82) is 0 Å². The predicted molar refractivity (Wildman–Crippen MR) is 85.4 cm³/mol. The van der Waals surface area contributed by atoms with Gasteiger partial charge < -0.3 is 20.1 Å². The second kappa shape index (κ2) is 7.90. The Kier molecular flexibility index (Phi) is 6.18. The average molecular weight is 292 g/mol. The van der Waals surface area contributed by atoms with Gasteiger partial charge in [-0.1, -0.05) is 30.3 Å². The second-order valence-electron chi connectivity index (χ2n) is 6.12. The molecule has 0 aromatic heterocycles. The van der Waals surface area contributed by atoms with Gasteiger partial charge in [0.2, 0.25) is 0 Å². The van der Waals surface area contributed by atoms with Crippen molar-refractivity contribution >= 4 is 0 Å². The molecule has 0 aliphatic carbocycles. The maximum Gasteiger partial charge on any atom is 0.0817 e. The van der Waals surface area contributed by atoms with Gasteiger partial charge in [-0.3, -0.25) is 0 Å². The van der Waals surface area contributed by atoms with Crippen LogP contribution in [0, 0.1) is 0 Å². The van der Waals surface area contributed by atoms with E-state index in [4.69, 9.17) is 4.74 Å². The molecular formula is C17H28N2O2. The largest absolute Gasteiger partial charge is 0.388 e. The van der Waals surface area contributed by atoms with Crippen LogP contribution >= 0.6 is 0 Å². The second-order valence-corrected chi connectivity index (χ2v) is 6.12. The zero-order valence-electron chi connectivity index (χ0n) is 13.2. The third-order valence-electron chi connectivity index (χ3n) is 4.34. The fourth-order valence-electron chi connectivity index (χ4n) is 3.00. The van der Waals surface area contributed by atoms with Gasteiger partial charge >= 0.3 is 0 Å². The summed E-state index contributed by atoms with van der Waals surface area (Å²) in [5.41, 5.74) is 0.743. The minimum absolute atomic E-state index is 0.359. The number of hydrogen-bond acceptors (Lipinski definition) is 4. The number of hydrogen-bond donors (Lipinski definition) is 2. The zero-order valence-corrected chi connectivity index (χ0v) is 13.2. The summed E-state index contributed by atoms with van der Waals surface area (Å²) in [4.78, 5) is 2.23. The van der Waals surface area contributed by atoms with Gasteiger partial charge in [0.05, 0.1) is 5.60 Å². The number of nitrogens with zero attached hydrogens (tertiary/aromatic N) is 1. The van der Waals surface area contributed by atoms with Crippen LogP contribution in [0.1, 0.15) is 30.9 Å². The van der Waals surface area contributed by atoms with Crippen molar-refractivity contribution in [2.24, 2.45) is 0 Å². The van der Waals surface area contributed by atoms with Gasteiger partial charge in [-0.2, -0.15) is 0 Å². The summed E-state index contributed by atoms with van der Waals surface area (Å²) < 4.78 is 5.33. The molecule has 1 saturated heterocycles. The summed E-state index contributed by atoms with van der Waals surface area (Å²) in [5, 5.41) is 13.9. The summed E-state index contributed by atoms with van der Waals surface area (Å²) in [5.74, 6) is 0. The molecule has 2 rings (SSSR count). The summed E-state index contributed by atoms with van der Waals surface area (Å²) in [7, 11) is 4.09. The molecule has 0 amide bonds. The molecular weight excluding hydrogens is 264 g/mol. The summed E-state index contributed by atoms with van der Waals surface area (Å²) in [6, 6.07) is 10.9. The van der Waals surface area contributed by atoms with E-state index in [9.17, 15) is 5.11 Å². The Balaban J connectivity index is 1.81. The Hall–Kier alpha value is -0.940. The van der Waals surface area contributed by atoms with Crippen LogP contribution in [0.5, 0.6) is 0 Å². The van der Waals surface area contributed by atoms with Gasteiger partial charge in [0, 0.05) is 38.6 Å². The molecule has 0 radical (unpaired) electrons. The summed E-state index contributed by atoms with van der Waals surface area (Å²) >= 11 is 0. The van der Waals surface area contributed by atoms with E-state index in [0.717, 1.165) is 32.4 Å². The molecule has 0 spiro atoms. The minimum Gasteiger partial charge on any atom is -0.388 e. The normalized spacial score (nSPS) is 19.6. The van der Waals surface area contributed by atoms with E-state index in [1.165, 1.54) is 5.56 Å². The first-order valence-electron chi connectivity index (χ1n) is 7.84. The van der Waals surface area contributed by atoms with Crippen LogP contribution in [0.25, 0.3) is 0 Å². The summed E-state index contributed by atoms with van der Waals surface area (Å²) in [6.45, 7) is 3.03. The lowest BCUT2D eigenvalue weighted by Gasteiger charge is -2.35. The highest BCUT2D eigenvalue weighted by atomic mass is 16.5. The molecule has 21 heavy (non-hydrogen) atoms. The van der Waals surface area contributed by atoms with E-state index in [1.54, 1.807) is 0 Å². The van der Waals surface area contributed by atoms with Crippen LogP contribution in [0.15, 0.2) is 30.3 Å².